The van der Waals surface area contributed by atoms with Gasteiger partial charge in [-0.05, 0) is 62.9 Å². The largest absolute Gasteiger partial charge is 0.322 e. The zero-order valence-electron chi connectivity index (χ0n) is 15.5. The van der Waals surface area contributed by atoms with Crippen LogP contribution in [-0.2, 0) is 6.54 Å². The minimum absolute atomic E-state index is 0.0229. The molecule has 2 bridgehead atoms. The van der Waals surface area contributed by atoms with Crippen LogP contribution in [0.5, 0.6) is 0 Å². The van der Waals surface area contributed by atoms with Gasteiger partial charge >= 0.3 is 6.03 Å². The van der Waals surface area contributed by atoms with E-state index < -0.39 is 0 Å². The number of nitrogens with zero attached hydrogens (tertiary/aromatic N) is 3. The maximum Gasteiger partial charge on any atom is 0.322 e. The molecule has 3 fully saturated rings. The van der Waals surface area contributed by atoms with Crippen LogP contribution < -0.4 is 10.6 Å². The van der Waals surface area contributed by atoms with Gasteiger partial charge < -0.3 is 15.5 Å². The predicted molar refractivity (Wildman–Crippen MR) is 102 cm³/mol. The molecule has 138 valence electrons. The molecular formula is C20H27N5O. The van der Waals surface area contributed by atoms with E-state index in [0.29, 0.717) is 12.0 Å². The maximum atomic E-state index is 12.7. The summed E-state index contributed by atoms with van der Waals surface area (Å²) in [6, 6.07) is 10.5. The Morgan fingerprint density at radius 2 is 2.04 bits per heavy atom. The van der Waals surface area contributed by atoms with Crippen LogP contribution in [0.2, 0.25) is 0 Å². The van der Waals surface area contributed by atoms with Crippen LogP contribution >= 0.6 is 0 Å². The Morgan fingerprint density at radius 3 is 2.77 bits per heavy atom. The number of aromatic nitrogens is 2. The van der Waals surface area contributed by atoms with E-state index in [4.69, 9.17) is 0 Å². The van der Waals surface area contributed by atoms with Crippen molar-refractivity contribution in [2.24, 2.45) is 5.92 Å². The lowest BCUT2D eigenvalue weighted by atomic mass is 9.95. The second-order valence-electron chi connectivity index (χ2n) is 7.62. The van der Waals surface area contributed by atoms with E-state index in [1.165, 1.54) is 12.0 Å². The van der Waals surface area contributed by atoms with Crippen molar-refractivity contribution in [2.75, 3.05) is 25.0 Å². The molecule has 0 spiro atoms. The number of fused-ring (bicyclic) bond motifs is 4. The highest BCUT2D eigenvalue weighted by molar-refractivity contribution is 5.89. The lowest BCUT2D eigenvalue weighted by Gasteiger charge is -2.36. The number of anilines is 1. The normalized spacial score (nSPS) is 22.3. The summed E-state index contributed by atoms with van der Waals surface area (Å²) in [5.74, 6) is 0.586. The van der Waals surface area contributed by atoms with Crippen LogP contribution in [0.1, 0.15) is 29.8 Å². The number of urea groups is 1. The van der Waals surface area contributed by atoms with E-state index in [0.717, 1.165) is 49.7 Å². The second-order valence-corrected chi connectivity index (χ2v) is 7.62. The van der Waals surface area contributed by atoms with Gasteiger partial charge in [0.25, 0.3) is 0 Å². The number of amides is 2. The summed E-state index contributed by atoms with van der Waals surface area (Å²) in [5, 5.41) is 11.0. The fourth-order valence-corrected chi connectivity index (χ4v) is 4.08. The van der Waals surface area contributed by atoms with Gasteiger partial charge in [-0.1, -0.05) is 12.1 Å². The summed E-state index contributed by atoms with van der Waals surface area (Å²) in [4.78, 5) is 14.7. The third-order valence-electron chi connectivity index (χ3n) is 5.52. The van der Waals surface area contributed by atoms with Gasteiger partial charge in [0.05, 0.1) is 12.2 Å². The van der Waals surface area contributed by atoms with E-state index in [1.807, 2.05) is 28.6 Å². The van der Waals surface area contributed by atoms with E-state index >= 15 is 0 Å². The number of carbonyl (C=O) groups excluding carboxylic acids is 1. The lowest BCUT2D eigenvalue weighted by molar-refractivity contribution is 0.153. The van der Waals surface area contributed by atoms with Gasteiger partial charge in [-0.15, -0.1) is 0 Å². The minimum atomic E-state index is 0.0229. The summed E-state index contributed by atoms with van der Waals surface area (Å²) in [5.41, 5.74) is 4.21. The molecule has 2 aromatic rings. The average molecular weight is 353 g/mol. The second kappa shape index (κ2) is 7.11. The Hall–Kier alpha value is -2.34. The molecule has 26 heavy (non-hydrogen) atoms. The SMILES string of the molecule is Cc1cc(C)n(Cc2ccc(NC(=O)N3CC4CCC3CNC4)cc2)n1. The highest BCUT2D eigenvalue weighted by Gasteiger charge is 2.34. The Kier molecular flexibility index (Phi) is 4.68. The number of nitrogens with one attached hydrogen (secondary N) is 2. The molecule has 3 saturated heterocycles. The zero-order chi connectivity index (χ0) is 18.1. The van der Waals surface area contributed by atoms with Crippen molar-refractivity contribution in [2.45, 2.75) is 39.3 Å². The first-order chi connectivity index (χ1) is 12.6. The maximum absolute atomic E-state index is 12.7. The quantitative estimate of drug-likeness (QED) is 0.892. The predicted octanol–water partition coefficient (Wildman–Crippen LogP) is 2.76. The van der Waals surface area contributed by atoms with Gasteiger partial charge in [0, 0.05) is 30.5 Å². The van der Waals surface area contributed by atoms with Gasteiger partial charge in [-0.2, -0.15) is 5.10 Å². The number of carbonyl (C=O) groups is 1. The van der Waals surface area contributed by atoms with Crippen LogP contribution in [0.4, 0.5) is 10.5 Å². The van der Waals surface area contributed by atoms with Crippen molar-refractivity contribution in [3.8, 4) is 0 Å². The molecule has 6 nitrogen and oxygen atoms in total. The molecule has 0 saturated carbocycles. The first-order valence-electron chi connectivity index (χ1n) is 9.47. The molecule has 2 N–H and O–H groups in total. The minimum Gasteiger partial charge on any atom is -0.320 e. The molecule has 1 aromatic heterocycles. The van der Waals surface area contributed by atoms with E-state index in [1.54, 1.807) is 0 Å². The first kappa shape index (κ1) is 17.1. The third-order valence-corrected chi connectivity index (χ3v) is 5.52. The number of piperidine rings is 1. The average Bonchev–Trinajstić information content (AvgIpc) is 2.83. The summed E-state index contributed by atoms with van der Waals surface area (Å²) in [6.07, 6.45) is 2.33. The van der Waals surface area contributed by atoms with Crippen molar-refractivity contribution in [1.29, 1.82) is 0 Å². The van der Waals surface area contributed by atoms with Crippen LogP contribution in [0, 0.1) is 19.8 Å². The molecule has 0 aliphatic carbocycles. The molecule has 3 aliphatic rings. The standard InChI is InChI=1S/C20H27N5O/c1-14-9-15(2)25(23-14)13-16-3-6-18(7-4-16)22-20(26)24-12-17-5-8-19(24)11-21-10-17/h3-4,6-7,9,17,19,21H,5,8,10-13H2,1-2H3,(H,22,26). The van der Waals surface area contributed by atoms with Crippen LogP contribution in [0.25, 0.3) is 0 Å². The van der Waals surface area contributed by atoms with Gasteiger partial charge in [-0.3, -0.25) is 4.68 Å². The summed E-state index contributed by atoms with van der Waals surface area (Å²) >= 11 is 0. The zero-order valence-corrected chi connectivity index (χ0v) is 15.5. The van der Waals surface area contributed by atoms with Crippen molar-refractivity contribution in [3.63, 3.8) is 0 Å². The molecule has 1 aromatic carbocycles. The van der Waals surface area contributed by atoms with Crippen LogP contribution in [-0.4, -0.2) is 46.4 Å². The lowest BCUT2D eigenvalue weighted by Crippen LogP contribution is -2.49. The highest BCUT2D eigenvalue weighted by Crippen LogP contribution is 2.25. The molecule has 4 heterocycles. The van der Waals surface area contributed by atoms with Crippen LogP contribution in [0.3, 0.4) is 0 Å². The summed E-state index contributed by atoms with van der Waals surface area (Å²) < 4.78 is 2.00. The van der Waals surface area contributed by atoms with E-state index in [-0.39, 0.29) is 6.03 Å². The van der Waals surface area contributed by atoms with Gasteiger partial charge in [-0.25, -0.2) is 4.79 Å². The Morgan fingerprint density at radius 1 is 1.23 bits per heavy atom. The van der Waals surface area contributed by atoms with E-state index in [2.05, 4.69) is 40.9 Å². The number of rotatable bonds is 3. The van der Waals surface area contributed by atoms with Crippen molar-refractivity contribution in [3.05, 3.63) is 47.3 Å². The number of hydrogen-bond acceptors (Lipinski definition) is 3. The Balaban J connectivity index is 1.39. The molecule has 5 rings (SSSR count). The molecule has 2 atom stereocenters. The summed E-state index contributed by atoms with van der Waals surface area (Å²) in [6.45, 7) is 7.62. The monoisotopic (exact) mass is 353 g/mol. The molecule has 3 aliphatic heterocycles. The fraction of sp³-hybridized carbons (Fsp3) is 0.500. The smallest absolute Gasteiger partial charge is 0.320 e. The Bertz CT molecular complexity index is 778. The first-order valence-corrected chi connectivity index (χ1v) is 9.47. The third kappa shape index (κ3) is 3.60. The Labute approximate surface area is 154 Å². The fourth-order valence-electron chi connectivity index (χ4n) is 4.08. The number of aryl methyl sites for hydroxylation is 2. The topological polar surface area (TPSA) is 62.2 Å². The molecule has 2 unspecified atom stereocenters. The van der Waals surface area contributed by atoms with Crippen molar-refractivity contribution >= 4 is 11.7 Å². The number of hydrogen-bond donors (Lipinski definition) is 2. The van der Waals surface area contributed by atoms with Gasteiger partial charge in [0.1, 0.15) is 0 Å². The van der Waals surface area contributed by atoms with Crippen LogP contribution in [0.15, 0.2) is 30.3 Å². The van der Waals surface area contributed by atoms with Gasteiger partial charge in [0.15, 0.2) is 0 Å². The molecule has 2 amide bonds. The van der Waals surface area contributed by atoms with E-state index in [9.17, 15) is 4.79 Å². The van der Waals surface area contributed by atoms with Crippen molar-refractivity contribution in [1.82, 2.24) is 20.0 Å². The van der Waals surface area contributed by atoms with Crippen molar-refractivity contribution < 1.29 is 4.79 Å². The van der Waals surface area contributed by atoms with Gasteiger partial charge in [0.2, 0.25) is 0 Å². The number of benzene rings is 1. The summed E-state index contributed by atoms with van der Waals surface area (Å²) in [7, 11) is 0. The molecular weight excluding hydrogens is 326 g/mol. The molecule has 0 radical (unpaired) electrons. The highest BCUT2D eigenvalue weighted by atomic mass is 16.2. The molecule has 6 heteroatoms.